The standard InChI is InChI=1S/C24H37N6O15P/c1-7-9-37-23-17(27-29-25)21(41-13(5)33)20(40-12(4)32)16(44-23)10-38-46(35,36)45-24-18(28-30-26)22(42-14(6)34)19(39-11(3)31)15(8-2)43-24/h15-24H,7-10H2,1-6H3,(H,35,36)/t15?,16?,17?,18?,19-,20-,21-,22-,23+,24-/m1/s1. The van der Waals surface area contributed by atoms with Gasteiger partial charge in [-0.2, -0.15) is 0 Å². The van der Waals surface area contributed by atoms with Crippen LogP contribution in [-0.2, 0) is 65.9 Å². The van der Waals surface area contributed by atoms with Crippen molar-refractivity contribution in [1.29, 1.82) is 0 Å². The average molecular weight is 681 g/mol. The minimum absolute atomic E-state index is 0.0958. The monoisotopic (exact) mass is 680 g/mol. The van der Waals surface area contributed by atoms with Crippen molar-refractivity contribution in [1.82, 2.24) is 0 Å². The van der Waals surface area contributed by atoms with E-state index in [-0.39, 0.29) is 13.0 Å². The SMILES string of the molecule is CCCO[C@H]1OC(COP(=O)(O)O[C@H]2OC(CC)[C@@H](OC(C)=O)[C@H](OC(C)=O)C2N=[N+]=[N-])[C@@H](OC(C)=O)[C@H](OC(C)=O)C1N=[N+]=[N-]. The number of phosphoric ester groups is 1. The van der Waals surface area contributed by atoms with Crippen LogP contribution in [0.4, 0.5) is 0 Å². The van der Waals surface area contributed by atoms with E-state index in [9.17, 15) is 34.2 Å². The molecule has 21 nitrogen and oxygen atoms in total. The van der Waals surface area contributed by atoms with Gasteiger partial charge in [-0.05, 0) is 23.9 Å². The van der Waals surface area contributed by atoms with Gasteiger partial charge in [0.05, 0.1) is 6.61 Å². The molecule has 2 aliphatic rings. The highest BCUT2D eigenvalue weighted by Crippen LogP contribution is 2.48. The maximum absolute atomic E-state index is 13.2. The second-order valence-corrected chi connectivity index (χ2v) is 11.3. The molecule has 0 amide bonds. The zero-order chi connectivity index (χ0) is 34.6. The van der Waals surface area contributed by atoms with Crippen LogP contribution in [0.2, 0.25) is 0 Å². The number of carbonyl (C=O) groups is 4. The lowest BCUT2D eigenvalue weighted by molar-refractivity contribution is -0.273. The Balaban J connectivity index is 2.40. The van der Waals surface area contributed by atoms with Gasteiger partial charge in [0.1, 0.15) is 24.3 Å². The highest BCUT2D eigenvalue weighted by atomic mass is 31.2. The Bertz CT molecular complexity index is 1240. The van der Waals surface area contributed by atoms with Crippen LogP contribution < -0.4 is 0 Å². The quantitative estimate of drug-likeness (QED) is 0.0649. The highest BCUT2D eigenvalue weighted by molar-refractivity contribution is 7.47. The molecule has 2 saturated heterocycles. The van der Waals surface area contributed by atoms with Gasteiger partial charge >= 0.3 is 31.7 Å². The molecule has 0 saturated carbocycles. The molecule has 0 aromatic rings. The van der Waals surface area contributed by atoms with Gasteiger partial charge in [0.15, 0.2) is 37.0 Å². The van der Waals surface area contributed by atoms with Gasteiger partial charge in [-0.25, -0.2) is 4.57 Å². The first-order valence-corrected chi connectivity index (χ1v) is 15.5. The van der Waals surface area contributed by atoms with E-state index in [1.807, 2.05) is 0 Å². The third kappa shape index (κ3) is 11.1. The van der Waals surface area contributed by atoms with Gasteiger partial charge in [0.2, 0.25) is 0 Å². The Morgan fingerprint density at radius 3 is 1.63 bits per heavy atom. The summed E-state index contributed by atoms with van der Waals surface area (Å²) in [6.45, 7) is 6.84. The van der Waals surface area contributed by atoms with Crippen molar-refractivity contribution in [3.8, 4) is 0 Å². The van der Waals surface area contributed by atoms with E-state index >= 15 is 0 Å². The van der Waals surface area contributed by atoms with Crippen LogP contribution in [0.5, 0.6) is 0 Å². The van der Waals surface area contributed by atoms with Crippen molar-refractivity contribution >= 4 is 31.7 Å². The topological polar surface area (TPSA) is 286 Å². The van der Waals surface area contributed by atoms with Gasteiger partial charge in [0, 0.05) is 44.1 Å². The van der Waals surface area contributed by atoms with E-state index in [0.29, 0.717) is 6.42 Å². The summed E-state index contributed by atoms with van der Waals surface area (Å²) in [6, 6.07) is -2.98. The van der Waals surface area contributed by atoms with Crippen LogP contribution in [0.1, 0.15) is 54.4 Å². The molecule has 2 aliphatic heterocycles. The lowest BCUT2D eigenvalue weighted by Gasteiger charge is -2.44. The fourth-order valence-electron chi connectivity index (χ4n) is 4.72. The van der Waals surface area contributed by atoms with Crippen LogP contribution >= 0.6 is 7.82 Å². The lowest BCUT2D eigenvalue weighted by atomic mass is 9.95. The van der Waals surface area contributed by atoms with Crippen molar-refractivity contribution in [3.05, 3.63) is 20.9 Å². The molecule has 1 N–H and O–H groups in total. The van der Waals surface area contributed by atoms with Crippen molar-refractivity contribution in [3.63, 3.8) is 0 Å². The Labute approximate surface area is 262 Å². The minimum atomic E-state index is -5.22. The summed E-state index contributed by atoms with van der Waals surface area (Å²) in [4.78, 5) is 63.7. The van der Waals surface area contributed by atoms with Crippen molar-refractivity contribution in [2.24, 2.45) is 10.2 Å². The largest absolute Gasteiger partial charge is 0.474 e. The molecule has 0 aromatic heterocycles. The second-order valence-electron chi connectivity index (χ2n) is 9.92. The Morgan fingerprint density at radius 1 is 0.761 bits per heavy atom. The number of ether oxygens (including phenoxy) is 7. The summed E-state index contributed by atoms with van der Waals surface area (Å²) in [5.41, 5.74) is 18.3. The number of carbonyl (C=O) groups excluding carboxylic acids is 4. The lowest BCUT2D eigenvalue weighted by Crippen LogP contribution is -2.61. The molecule has 46 heavy (non-hydrogen) atoms. The molecule has 258 valence electrons. The summed E-state index contributed by atoms with van der Waals surface area (Å²) < 4.78 is 61.8. The van der Waals surface area contributed by atoms with E-state index in [4.69, 9.17) is 47.7 Å². The zero-order valence-corrected chi connectivity index (χ0v) is 26.8. The normalized spacial score (nSPS) is 32.0. The molecule has 5 unspecified atom stereocenters. The smallest absolute Gasteiger partial charge is 0.458 e. The summed E-state index contributed by atoms with van der Waals surface area (Å²) in [5.74, 6) is -3.34. The molecule has 11 atom stereocenters. The molecule has 2 fully saturated rings. The number of nitrogens with zero attached hydrogens (tertiary/aromatic N) is 6. The van der Waals surface area contributed by atoms with Gasteiger partial charge in [0.25, 0.3) is 0 Å². The predicted molar refractivity (Wildman–Crippen MR) is 149 cm³/mol. The predicted octanol–water partition coefficient (Wildman–Crippen LogP) is 2.49. The van der Waals surface area contributed by atoms with Gasteiger partial charge in [-0.3, -0.25) is 28.2 Å². The zero-order valence-electron chi connectivity index (χ0n) is 25.9. The van der Waals surface area contributed by atoms with Crippen molar-refractivity contribution < 1.29 is 70.8 Å². The van der Waals surface area contributed by atoms with Crippen LogP contribution in [0.15, 0.2) is 10.2 Å². The average Bonchev–Trinajstić information content (AvgIpc) is 2.95. The molecule has 0 bridgehead atoms. The third-order valence-corrected chi connectivity index (χ3v) is 7.28. The Kier molecular flexibility index (Phi) is 15.1. The second kappa shape index (κ2) is 18.0. The maximum Gasteiger partial charge on any atom is 0.474 e. The first-order valence-electron chi connectivity index (χ1n) is 14.0. The number of hydrogen-bond acceptors (Lipinski definition) is 16. The number of hydrogen-bond donors (Lipinski definition) is 1. The van der Waals surface area contributed by atoms with Crippen LogP contribution in [0.3, 0.4) is 0 Å². The molecule has 0 aromatic carbocycles. The molecular weight excluding hydrogens is 643 g/mol. The molecule has 2 rings (SSSR count). The van der Waals surface area contributed by atoms with Gasteiger partial charge in [-0.15, -0.1) is 0 Å². The van der Waals surface area contributed by atoms with E-state index in [2.05, 4.69) is 20.1 Å². The van der Waals surface area contributed by atoms with E-state index < -0.39 is 99.6 Å². The summed E-state index contributed by atoms with van der Waals surface area (Å²) >= 11 is 0. The minimum Gasteiger partial charge on any atom is -0.458 e. The van der Waals surface area contributed by atoms with Crippen LogP contribution in [0.25, 0.3) is 20.9 Å². The fraction of sp³-hybridized carbons (Fsp3) is 0.833. The first-order chi connectivity index (χ1) is 21.7. The van der Waals surface area contributed by atoms with Crippen molar-refractivity contribution in [2.45, 2.75) is 116 Å². The fourth-order valence-corrected chi connectivity index (χ4v) is 5.55. The first kappa shape index (κ1) is 38.7. The van der Waals surface area contributed by atoms with Crippen LogP contribution in [-0.4, -0.2) is 103 Å². The van der Waals surface area contributed by atoms with Crippen LogP contribution in [0, 0.1) is 0 Å². The van der Waals surface area contributed by atoms with Crippen molar-refractivity contribution in [2.75, 3.05) is 13.2 Å². The maximum atomic E-state index is 13.2. The summed E-state index contributed by atoms with van der Waals surface area (Å²) in [5, 5.41) is 7.09. The number of esters is 4. The van der Waals surface area contributed by atoms with E-state index in [1.165, 1.54) is 0 Å². The number of rotatable bonds is 15. The molecular formula is C24H37N6O15P. The summed E-state index contributed by atoms with van der Waals surface area (Å²) in [6.07, 6.45) is -10.9. The third-order valence-electron chi connectivity index (χ3n) is 6.33. The van der Waals surface area contributed by atoms with Gasteiger partial charge in [-0.1, -0.05) is 24.1 Å². The molecule has 0 aliphatic carbocycles. The number of azide groups is 2. The van der Waals surface area contributed by atoms with E-state index in [0.717, 1.165) is 27.7 Å². The van der Waals surface area contributed by atoms with Gasteiger partial charge < -0.3 is 38.1 Å². The van der Waals surface area contributed by atoms with E-state index in [1.54, 1.807) is 13.8 Å². The highest BCUT2D eigenvalue weighted by Gasteiger charge is 2.53. The molecule has 0 radical (unpaired) electrons. The summed E-state index contributed by atoms with van der Waals surface area (Å²) in [7, 11) is -5.22. The molecule has 22 heteroatoms. The molecule has 0 spiro atoms. The molecule has 2 heterocycles. The Morgan fingerprint density at radius 2 is 1.20 bits per heavy atom. The Hall–Kier alpha value is -3.51. The number of phosphoric acid groups is 1.